The summed E-state index contributed by atoms with van der Waals surface area (Å²) in [6.45, 7) is 3.07. The average Bonchev–Trinajstić information content (AvgIpc) is 2.03. The van der Waals surface area contributed by atoms with Crippen LogP contribution in [0.2, 0.25) is 0 Å². The van der Waals surface area contributed by atoms with Crippen LogP contribution in [0.15, 0.2) is 18.3 Å². The number of pyridine rings is 1. The number of rotatable bonds is 3. The van der Waals surface area contributed by atoms with Crippen molar-refractivity contribution in [3.63, 3.8) is 0 Å². The van der Waals surface area contributed by atoms with Crippen LogP contribution in [0.1, 0.15) is 11.3 Å². The van der Waals surface area contributed by atoms with E-state index in [-0.39, 0.29) is 0 Å². The first kappa shape index (κ1) is 8.21. The first-order chi connectivity index (χ1) is 5.34. The Morgan fingerprint density at radius 2 is 2.36 bits per heavy atom. The number of hydrogen-bond donors (Lipinski definition) is 1. The van der Waals surface area contributed by atoms with E-state index in [4.69, 9.17) is 0 Å². The molecule has 0 saturated heterocycles. The number of aromatic nitrogens is 1. The van der Waals surface area contributed by atoms with Crippen molar-refractivity contribution in [1.29, 1.82) is 0 Å². The summed E-state index contributed by atoms with van der Waals surface area (Å²) in [6, 6.07) is 4.11. The molecule has 11 heavy (non-hydrogen) atoms. The van der Waals surface area contributed by atoms with Gasteiger partial charge in [-0.15, -0.1) is 0 Å². The van der Waals surface area contributed by atoms with Gasteiger partial charge in [0.1, 0.15) is 0 Å². The molecule has 1 rings (SSSR count). The number of likely N-dealkylation sites (N-methyl/N-ethyl adjacent to an activating group) is 1. The molecule has 0 aliphatic carbocycles. The molecule has 2 heteroatoms. The van der Waals surface area contributed by atoms with Crippen LogP contribution in [0.3, 0.4) is 0 Å². The van der Waals surface area contributed by atoms with E-state index in [0.717, 1.165) is 18.7 Å². The van der Waals surface area contributed by atoms with Gasteiger partial charge in [0, 0.05) is 11.9 Å². The van der Waals surface area contributed by atoms with Crippen LogP contribution in [0, 0.1) is 6.92 Å². The van der Waals surface area contributed by atoms with Gasteiger partial charge in [-0.25, -0.2) is 0 Å². The Labute approximate surface area is 67.7 Å². The largest absolute Gasteiger partial charge is 0.319 e. The summed E-state index contributed by atoms with van der Waals surface area (Å²) in [6.07, 6.45) is 2.90. The normalized spacial score (nSPS) is 10.0. The molecule has 0 unspecified atom stereocenters. The van der Waals surface area contributed by atoms with E-state index in [0.29, 0.717) is 0 Å². The lowest BCUT2D eigenvalue weighted by Gasteiger charge is -2.02. The quantitative estimate of drug-likeness (QED) is 0.699. The molecule has 0 aromatic carbocycles. The van der Waals surface area contributed by atoms with Gasteiger partial charge < -0.3 is 5.32 Å². The molecule has 0 atom stereocenters. The fraction of sp³-hybridized carbons (Fsp3) is 0.444. The van der Waals surface area contributed by atoms with E-state index in [1.54, 1.807) is 0 Å². The van der Waals surface area contributed by atoms with E-state index >= 15 is 0 Å². The number of hydrogen-bond acceptors (Lipinski definition) is 2. The molecule has 1 heterocycles. The summed E-state index contributed by atoms with van der Waals surface area (Å²) in [5.41, 5.74) is 2.48. The molecule has 1 N–H and O–H groups in total. The molecule has 0 fully saturated rings. The Balaban J connectivity index is 2.62. The van der Waals surface area contributed by atoms with E-state index in [9.17, 15) is 0 Å². The van der Waals surface area contributed by atoms with E-state index in [1.807, 2.05) is 26.2 Å². The maximum Gasteiger partial charge on any atom is 0.0405 e. The second-order valence-corrected chi connectivity index (χ2v) is 2.60. The lowest BCUT2D eigenvalue weighted by atomic mass is 10.1. The van der Waals surface area contributed by atoms with E-state index < -0.39 is 0 Å². The summed E-state index contributed by atoms with van der Waals surface area (Å²) < 4.78 is 0. The highest BCUT2D eigenvalue weighted by Crippen LogP contribution is 2.02. The Bertz CT molecular complexity index is 221. The maximum atomic E-state index is 4.20. The molecule has 0 radical (unpaired) electrons. The fourth-order valence-electron chi connectivity index (χ4n) is 1.04. The summed E-state index contributed by atoms with van der Waals surface area (Å²) >= 11 is 0. The van der Waals surface area contributed by atoms with Gasteiger partial charge in [-0.1, -0.05) is 6.07 Å². The monoisotopic (exact) mass is 150 g/mol. The van der Waals surface area contributed by atoms with Crippen LogP contribution in [0.4, 0.5) is 0 Å². The van der Waals surface area contributed by atoms with E-state index in [1.165, 1.54) is 5.56 Å². The number of aryl methyl sites for hydroxylation is 1. The van der Waals surface area contributed by atoms with Crippen molar-refractivity contribution in [2.24, 2.45) is 0 Å². The SMILES string of the molecule is CNCCc1cccnc1C. The van der Waals surface area contributed by atoms with Gasteiger partial charge in [-0.2, -0.15) is 0 Å². The Hall–Kier alpha value is -0.890. The molecule has 0 amide bonds. The van der Waals surface area contributed by atoms with Gasteiger partial charge in [0.25, 0.3) is 0 Å². The molecule has 0 aliphatic heterocycles. The summed E-state index contributed by atoms with van der Waals surface area (Å²) in [5.74, 6) is 0. The van der Waals surface area contributed by atoms with Gasteiger partial charge in [0.05, 0.1) is 0 Å². The zero-order chi connectivity index (χ0) is 8.10. The highest BCUT2D eigenvalue weighted by atomic mass is 14.8. The minimum absolute atomic E-state index is 1.02. The van der Waals surface area contributed by atoms with E-state index in [2.05, 4.69) is 16.4 Å². The number of nitrogens with one attached hydrogen (secondary N) is 1. The van der Waals surface area contributed by atoms with Gasteiger partial charge >= 0.3 is 0 Å². The lowest BCUT2D eigenvalue weighted by Crippen LogP contribution is -2.11. The number of nitrogens with zero attached hydrogens (tertiary/aromatic N) is 1. The molecule has 0 aliphatic rings. The van der Waals surface area contributed by atoms with Crippen LogP contribution >= 0.6 is 0 Å². The van der Waals surface area contributed by atoms with Crippen molar-refractivity contribution >= 4 is 0 Å². The lowest BCUT2D eigenvalue weighted by molar-refractivity contribution is 0.784. The molecule has 0 bridgehead atoms. The summed E-state index contributed by atoms with van der Waals surface area (Å²) in [5, 5.41) is 3.12. The average molecular weight is 150 g/mol. The molecule has 0 spiro atoms. The molecule has 1 aromatic heterocycles. The van der Waals surface area contributed by atoms with Gasteiger partial charge in [-0.05, 0) is 38.6 Å². The van der Waals surface area contributed by atoms with Crippen molar-refractivity contribution in [3.05, 3.63) is 29.6 Å². The van der Waals surface area contributed by atoms with Crippen molar-refractivity contribution in [3.8, 4) is 0 Å². The van der Waals surface area contributed by atoms with Crippen molar-refractivity contribution < 1.29 is 0 Å². The summed E-state index contributed by atoms with van der Waals surface area (Å²) in [4.78, 5) is 4.20. The van der Waals surface area contributed by atoms with Crippen LogP contribution in [-0.4, -0.2) is 18.6 Å². The maximum absolute atomic E-state index is 4.20. The Morgan fingerprint density at radius 3 is 3.00 bits per heavy atom. The van der Waals surface area contributed by atoms with Gasteiger partial charge in [0.15, 0.2) is 0 Å². The highest BCUT2D eigenvalue weighted by Gasteiger charge is 1.95. The second-order valence-electron chi connectivity index (χ2n) is 2.60. The predicted molar refractivity (Wildman–Crippen MR) is 46.6 cm³/mol. The zero-order valence-corrected chi connectivity index (χ0v) is 7.09. The smallest absolute Gasteiger partial charge is 0.0405 e. The third-order valence-electron chi connectivity index (χ3n) is 1.76. The van der Waals surface area contributed by atoms with Crippen molar-refractivity contribution in [2.75, 3.05) is 13.6 Å². The third-order valence-corrected chi connectivity index (χ3v) is 1.76. The first-order valence-electron chi connectivity index (χ1n) is 3.89. The standard InChI is InChI=1S/C9H14N2/c1-8-9(5-7-10-2)4-3-6-11-8/h3-4,6,10H,5,7H2,1-2H3. The van der Waals surface area contributed by atoms with Crippen molar-refractivity contribution in [2.45, 2.75) is 13.3 Å². The molecular formula is C9H14N2. The van der Waals surface area contributed by atoms with Crippen LogP contribution in [0.25, 0.3) is 0 Å². The third kappa shape index (κ3) is 2.31. The minimum Gasteiger partial charge on any atom is -0.319 e. The Morgan fingerprint density at radius 1 is 1.55 bits per heavy atom. The molecule has 1 aromatic rings. The molecule has 0 saturated carbocycles. The van der Waals surface area contributed by atoms with Crippen LogP contribution < -0.4 is 5.32 Å². The molecular weight excluding hydrogens is 136 g/mol. The minimum atomic E-state index is 1.02. The molecule has 60 valence electrons. The topological polar surface area (TPSA) is 24.9 Å². The second kappa shape index (κ2) is 4.09. The first-order valence-corrected chi connectivity index (χ1v) is 3.89. The molecule has 2 nitrogen and oxygen atoms in total. The zero-order valence-electron chi connectivity index (χ0n) is 7.09. The van der Waals surface area contributed by atoms with Crippen molar-refractivity contribution in [1.82, 2.24) is 10.3 Å². The highest BCUT2D eigenvalue weighted by molar-refractivity contribution is 5.18. The van der Waals surface area contributed by atoms with Crippen LogP contribution in [-0.2, 0) is 6.42 Å². The summed E-state index contributed by atoms with van der Waals surface area (Å²) in [7, 11) is 1.96. The van der Waals surface area contributed by atoms with Gasteiger partial charge in [-0.3, -0.25) is 4.98 Å². The fourth-order valence-corrected chi connectivity index (χ4v) is 1.04. The Kier molecular flexibility index (Phi) is 3.05. The van der Waals surface area contributed by atoms with Gasteiger partial charge in [0.2, 0.25) is 0 Å². The van der Waals surface area contributed by atoms with Crippen LogP contribution in [0.5, 0.6) is 0 Å². The predicted octanol–water partition coefficient (Wildman–Crippen LogP) is 1.15.